The van der Waals surface area contributed by atoms with Crippen molar-refractivity contribution in [3.05, 3.63) is 52.8 Å². The third-order valence-electron chi connectivity index (χ3n) is 3.87. The van der Waals surface area contributed by atoms with Crippen LogP contribution in [0.15, 0.2) is 40.7 Å². The number of thioether (sulfide) groups is 1. The number of anilines is 3. The van der Waals surface area contributed by atoms with Gasteiger partial charge in [-0.15, -0.1) is 10.2 Å². The van der Waals surface area contributed by atoms with Crippen LogP contribution in [0.5, 0.6) is 5.75 Å². The molecule has 29 heavy (non-hydrogen) atoms. The number of carbonyl (C=O) groups excluding carboxylic acids is 1. The van der Waals surface area contributed by atoms with Crippen LogP contribution in [0.1, 0.15) is 12.5 Å². The van der Waals surface area contributed by atoms with Crippen LogP contribution in [0, 0.1) is 12.7 Å². The van der Waals surface area contributed by atoms with Gasteiger partial charge in [-0.3, -0.25) is 4.79 Å². The average molecular weight is 453 g/mol. The number of nitrogens with one attached hydrogen (secondary N) is 2. The number of hydrogen-bond donors (Lipinski definition) is 2. The van der Waals surface area contributed by atoms with Crippen LogP contribution in [-0.4, -0.2) is 28.5 Å². The molecule has 1 amide bonds. The summed E-state index contributed by atoms with van der Waals surface area (Å²) in [4.78, 5) is 12.6. The lowest BCUT2D eigenvalue weighted by Crippen LogP contribution is -2.22. The molecule has 0 bridgehead atoms. The number of benzene rings is 2. The Balaban J connectivity index is 1.63. The highest BCUT2D eigenvalue weighted by Gasteiger charge is 2.19. The maximum atomic E-state index is 13.3. The van der Waals surface area contributed by atoms with Gasteiger partial charge in [-0.1, -0.05) is 40.8 Å². The lowest BCUT2D eigenvalue weighted by molar-refractivity contribution is -0.115. The molecule has 1 aromatic heterocycles. The largest absolute Gasteiger partial charge is 0.495 e. The minimum Gasteiger partial charge on any atom is -0.495 e. The lowest BCUT2D eigenvalue weighted by atomic mass is 10.2. The predicted octanol–water partition coefficient (Wildman–Crippen LogP) is 5.51. The van der Waals surface area contributed by atoms with Gasteiger partial charge in [0.15, 0.2) is 4.34 Å². The van der Waals surface area contributed by atoms with Crippen LogP contribution in [0.4, 0.5) is 20.9 Å². The van der Waals surface area contributed by atoms with Gasteiger partial charge in [-0.2, -0.15) is 0 Å². The smallest absolute Gasteiger partial charge is 0.237 e. The molecular weight excluding hydrogens is 435 g/mol. The Kier molecular flexibility index (Phi) is 6.94. The molecule has 10 heteroatoms. The number of ether oxygens (including phenoxy) is 1. The molecule has 0 saturated heterocycles. The maximum Gasteiger partial charge on any atom is 0.237 e. The van der Waals surface area contributed by atoms with Crippen molar-refractivity contribution < 1.29 is 13.9 Å². The summed E-state index contributed by atoms with van der Waals surface area (Å²) in [5.74, 6) is -0.0548. The molecule has 0 aliphatic rings. The fourth-order valence-corrected chi connectivity index (χ4v) is 4.44. The molecule has 0 fully saturated rings. The summed E-state index contributed by atoms with van der Waals surface area (Å²) >= 11 is 8.66. The zero-order valence-corrected chi connectivity index (χ0v) is 18.2. The standard InChI is InChI=1S/C19H18ClFN4O2S2/c1-10-7-15(16(27-3)9-14(10)20)23-17(26)11(2)28-19-25-24-18(29-19)22-13-6-4-5-12(21)8-13/h4-9,11H,1-3H3,(H,22,24)(H,23,26). The molecular formula is C19H18ClFN4O2S2. The molecule has 3 aromatic rings. The van der Waals surface area contributed by atoms with Crippen molar-refractivity contribution >= 4 is 57.1 Å². The number of methoxy groups -OCH3 is 1. The SMILES string of the molecule is COc1cc(Cl)c(C)cc1NC(=O)C(C)Sc1nnc(Nc2cccc(F)c2)s1. The highest BCUT2D eigenvalue weighted by atomic mass is 35.5. The normalized spacial score (nSPS) is 11.8. The van der Waals surface area contributed by atoms with E-state index in [1.165, 1.54) is 42.3 Å². The van der Waals surface area contributed by atoms with E-state index in [2.05, 4.69) is 20.8 Å². The van der Waals surface area contributed by atoms with Crippen molar-refractivity contribution in [2.24, 2.45) is 0 Å². The Morgan fingerprint density at radius 1 is 1.31 bits per heavy atom. The first-order valence-electron chi connectivity index (χ1n) is 8.53. The Bertz CT molecular complexity index is 1030. The van der Waals surface area contributed by atoms with E-state index in [0.717, 1.165) is 5.56 Å². The molecule has 0 aliphatic carbocycles. The van der Waals surface area contributed by atoms with E-state index < -0.39 is 5.25 Å². The summed E-state index contributed by atoms with van der Waals surface area (Å²) in [5, 5.41) is 14.6. The average Bonchev–Trinajstić information content (AvgIpc) is 3.11. The number of rotatable bonds is 7. The molecule has 0 radical (unpaired) electrons. The molecule has 1 heterocycles. The Hall–Kier alpha value is -2.36. The van der Waals surface area contributed by atoms with Crippen molar-refractivity contribution in [3.63, 3.8) is 0 Å². The van der Waals surface area contributed by atoms with Crippen LogP contribution >= 0.6 is 34.7 Å². The zero-order valence-electron chi connectivity index (χ0n) is 15.8. The zero-order chi connectivity index (χ0) is 21.0. The second-order valence-corrected chi connectivity index (χ2v) is 9.03. The fourth-order valence-electron chi connectivity index (χ4n) is 2.37. The molecule has 1 atom stereocenters. The first-order valence-corrected chi connectivity index (χ1v) is 10.6. The monoisotopic (exact) mass is 452 g/mol. The van der Waals surface area contributed by atoms with Crippen LogP contribution in [0.3, 0.4) is 0 Å². The van der Waals surface area contributed by atoms with Crippen molar-refractivity contribution in [1.82, 2.24) is 10.2 Å². The van der Waals surface area contributed by atoms with E-state index in [9.17, 15) is 9.18 Å². The predicted molar refractivity (Wildman–Crippen MR) is 116 cm³/mol. The summed E-state index contributed by atoms with van der Waals surface area (Å²) in [6.07, 6.45) is 0. The number of nitrogens with zero attached hydrogens (tertiary/aromatic N) is 2. The Morgan fingerprint density at radius 3 is 2.83 bits per heavy atom. The van der Waals surface area contributed by atoms with Crippen molar-refractivity contribution in [2.75, 3.05) is 17.7 Å². The molecule has 0 spiro atoms. The highest BCUT2D eigenvalue weighted by Crippen LogP contribution is 2.33. The summed E-state index contributed by atoms with van der Waals surface area (Å²) < 4.78 is 19.2. The minimum atomic E-state index is -0.425. The van der Waals surface area contributed by atoms with Gasteiger partial charge in [0.05, 0.1) is 18.0 Å². The summed E-state index contributed by atoms with van der Waals surface area (Å²) in [6.45, 7) is 3.63. The van der Waals surface area contributed by atoms with Gasteiger partial charge >= 0.3 is 0 Å². The first-order chi connectivity index (χ1) is 13.9. The fraction of sp³-hybridized carbons (Fsp3) is 0.211. The molecule has 2 N–H and O–H groups in total. The Morgan fingerprint density at radius 2 is 2.10 bits per heavy atom. The second-order valence-electron chi connectivity index (χ2n) is 6.06. The van der Waals surface area contributed by atoms with Crippen molar-refractivity contribution in [3.8, 4) is 5.75 Å². The van der Waals surface area contributed by atoms with Crippen molar-refractivity contribution in [2.45, 2.75) is 23.4 Å². The summed E-state index contributed by atoms with van der Waals surface area (Å²) in [7, 11) is 1.52. The van der Waals surface area contributed by atoms with Gasteiger partial charge in [0.2, 0.25) is 11.0 Å². The lowest BCUT2D eigenvalue weighted by Gasteiger charge is -2.14. The highest BCUT2D eigenvalue weighted by molar-refractivity contribution is 8.02. The topological polar surface area (TPSA) is 76.1 Å². The number of aromatic nitrogens is 2. The first kappa shape index (κ1) is 21.4. The van der Waals surface area contributed by atoms with Crippen LogP contribution in [0.25, 0.3) is 0 Å². The van der Waals surface area contributed by atoms with E-state index in [-0.39, 0.29) is 11.7 Å². The summed E-state index contributed by atoms with van der Waals surface area (Å²) in [6, 6.07) is 9.50. The van der Waals surface area contributed by atoms with E-state index in [1.54, 1.807) is 31.2 Å². The van der Waals surface area contributed by atoms with Gasteiger partial charge < -0.3 is 15.4 Å². The van der Waals surface area contributed by atoms with Gasteiger partial charge in [0.1, 0.15) is 11.6 Å². The van der Waals surface area contributed by atoms with Crippen LogP contribution in [-0.2, 0) is 4.79 Å². The van der Waals surface area contributed by atoms with E-state index in [1.807, 2.05) is 6.92 Å². The van der Waals surface area contributed by atoms with Gasteiger partial charge in [0.25, 0.3) is 0 Å². The van der Waals surface area contributed by atoms with E-state index in [0.29, 0.717) is 31.6 Å². The molecule has 0 aliphatic heterocycles. The number of halogens is 2. The van der Waals surface area contributed by atoms with Crippen molar-refractivity contribution in [1.29, 1.82) is 0 Å². The van der Waals surface area contributed by atoms with E-state index >= 15 is 0 Å². The third kappa shape index (κ3) is 5.59. The maximum absolute atomic E-state index is 13.3. The quantitative estimate of drug-likeness (QED) is 0.460. The second kappa shape index (κ2) is 9.43. The molecule has 0 saturated carbocycles. The molecule has 3 rings (SSSR count). The molecule has 6 nitrogen and oxygen atoms in total. The van der Waals surface area contributed by atoms with Gasteiger partial charge in [0, 0.05) is 16.8 Å². The number of amides is 1. The van der Waals surface area contributed by atoms with Gasteiger partial charge in [-0.05, 0) is 43.7 Å². The number of aryl methyl sites for hydroxylation is 1. The molecule has 152 valence electrons. The number of hydrogen-bond acceptors (Lipinski definition) is 7. The van der Waals surface area contributed by atoms with E-state index in [4.69, 9.17) is 16.3 Å². The summed E-state index contributed by atoms with van der Waals surface area (Å²) in [5.41, 5.74) is 1.96. The molecule has 1 unspecified atom stereocenters. The Labute approximate surface area is 180 Å². The minimum absolute atomic E-state index is 0.204. The van der Waals surface area contributed by atoms with Crippen LogP contribution < -0.4 is 15.4 Å². The van der Waals surface area contributed by atoms with Gasteiger partial charge in [-0.25, -0.2) is 4.39 Å². The van der Waals surface area contributed by atoms with Crippen LogP contribution in [0.2, 0.25) is 5.02 Å². The third-order valence-corrected chi connectivity index (χ3v) is 6.30. The number of carbonyl (C=O) groups is 1. The molecule has 2 aromatic carbocycles.